The molecule has 0 aliphatic rings. The average Bonchev–Trinajstić information content (AvgIpc) is 2.16. The van der Waals surface area contributed by atoms with Crippen LogP contribution in [-0.4, -0.2) is 12.2 Å². The van der Waals surface area contributed by atoms with E-state index in [0.29, 0.717) is 0 Å². The summed E-state index contributed by atoms with van der Waals surface area (Å²) in [7, 11) is 0. The van der Waals surface area contributed by atoms with Gasteiger partial charge in [0.1, 0.15) is 0 Å². The van der Waals surface area contributed by atoms with E-state index < -0.39 is 0 Å². The van der Waals surface area contributed by atoms with Crippen LogP contribution in [0.1, 0.15) is 52.4 Å². The Balaban J connectivity index is 3.28. The first-order chi connectivity index (χ1) is 6.35. The van der Waals surface area contributed by atoms with E-state index in [1.165, 1.54) is 51.2 Å². The molecular formula is C11H25BS. The third-order valence-electron chi connectivity index (χ3n) is 2.59. The van der Waals surface area contributed by atoms with Crippen molar-refractivity contribution in [1.82, 2.24) is 0 Å². The third-order valence-corrected chi connectivity index (χ3v) is 3.73. The third kappa shape index (κ3) is 8.74. The van der Waals surface area contributed by atoms with E-state index in [4.69, 9.17) is 0 Å². The monoisotopic (exact) mass is 200 g/mol. The van der Waals surface area contributed by atoms with E-state index in [1.54, 1.807) is 0 Å². The molecule has 0 heterocycles. The van der Waals surface area contributed by atoms with Crippen molar-refractivity contribution < 1.29 is 0 Å². The summed E-state index contributed by atoms with van der Waals surface area (Å²) < 4.78 is 0. The highest BCUT2D eigenvalue weighted by Crippen LogP contribution is 2.19. The quantitative estimate of drug-likeness (QED) is 0.383. The second-order valence-electron chi connectivity index (χ2n) is 3.85. The van der Waals surface area contributed by atoms with Crippen LogP contribution in [-0.2, 0) is 0 Å². The predicted molar refractivity (Wildman–Crippen MR) is 67.9 cm³/mol. The van der Waals surface area contributed by atoms with Crippen molar-refractivity contribution in [2.75, 3.05) is 6.26 Å². The van der Waals surface area contributed by atoms with Gasteiger partial charge >= 0.3 is 0 Å². The molecule has 0 N–H and O–H groups in total. The van der Waals surface area contributed by atoms with E-state index >= 15 is 0 Å². The zero-order valence-electron chi connectivity index (χ0n) is 9.64. The number of rotatable bonds is 9. The Morgan fingerprint density at radius 3 is 1.62 bits per heavy atom. The Morgan fingerprint density at radius 2 is 1.31 bits per heavy atom. The van der Waals surface area contributed by atoms with Gasteiger partial charge in [-0.2, -0.15) is 0 Å². The van der Waals surface area contributed by atoms with Gasteiger partial charge in [-0.25, -0.2) is 11.6 Å². The molecule has 2 heteroatoms. The molecule has 0 aliphatic heterocycles. The van der Waals surface area contributed by atoms with Gasteiger partial charge in [-0.3, -0.25) is 0 Å². The van der Waals surface area contributed by atoms with Crippen molar-refractivity contribution in [1.29, 1.82) is 0 Å². The van der Waals surface area contributed by atoms with Crippen molar-refractivity contribution >= 4 is 17.6 Å². The summed E-state index contributed by atoms with van der Waals surface area (Å²) in [4.78, 5) is 0. The second-order valence-corrected chi connectivity index (χ2v) is 4.99. The average molecular weight is 200 g/mol. The summed E-state index contributed by atoms with van der Waals surface area (Å²) in [6.07, 6.45) is 13.6. The van der Waals surface area contributed by atoms with Gasteiger partial charge in [0.2, 0.25) is 5.99 Å². The van der Waals surface area contributed by atoms with E-state index in [2.05, 4.69) is 31.7 Å². The first-order valence-electron chi connectivity index (χ1n) is 5.87. The van der Waals surface area contributed by atoms with Crippen molar-refractivity contribution in [2.24, 2.45) is 0 Å². The summed E-state index contributed by atoms with van der Waals surface area (Å²) in [6.45, 7) is 4.57. The smallest absolute Gasteiger partial charge is 0.209 e. The molecule has 0 unspecified atom stereocenters. The zero-order valence-corrected chi connectivity index (χ0v) is 10.5. The highest BCUT2D eigenvalue weighted by atomic mass is 32.2. The van der Waals surface area contributed by atoms with Gasteiger partial charge in [0.05, 0.1) is 0 Å². The first-order valence-corrected chi connectivity index (χ1v) is 7.16. The molecule has 0 atom stereocenters. The maximum atomic E-state index is 2.28. The van der Waals surface area contributed by atoms with Crippen LogP contribution >= 0.6 is 11.6 Å². The van der Waals surface area contributed by atoms with E-state index in [9.17, 15) is 0 Å². The molecule has 13 heavy (non-hydrogen) atoms. The Labute approximate surface area is 89.2 Å². The summed E-state index contributed by atoms with van der Waals surface area (Å²) in [5.74, 6) is 0.943. The molecule has 0 saturated heterocycles. The van der Waals surface area contributed by atoms with Crippen molar-refractivity contribution in [2.45, 2.75) is 65.0 Å². The molecule has 0 fully saturated rings. The van der Waals surface area contributed by atoms with Crippen LogP contribution in [0, 0.1) is 0 Å². The lowest BCUT2D eigenvalue weighted by Gasteiger charge is -2.09. The van der Waals surface area contributed by atoms with Crippen LogP contribution in [0.2, 0.25) is 12.6 Å². The van der Waals surface area contributed by atoms with Crippen LogP contribution < -0.4 is 0 Å². The maximum Gasteiger partial charge on any atom is 0.209 e. The van der Waals surface area contributed by atoms with E-state index in [1.807, 2.05) is 0 Å². The fourth-order valence-corrected chi connectivity index (χ4v) is 2.43. The highest BCUT2D eigenvalue weighted by molar-refractivity contribution is 8.25. The van der Waals surface area contributed by atoms with Crippen LogP contribution in [0.3, 0.4) is 0 Å². The largest absolute Gasteiger partial charge is 0.213 e. The van der Waals surface area contributed by atoms with Crippen molar-refractivity contribution in [3.8, 4) is 0 Å². The number of unbranched alkanes of at least 4 members (excludes halogenated alkanes) is 4. The lowest BCUT2D eigenvalue weighted by molar-refractivity contribution is 0.750. The molecule has 0 aromatic carbocycles. The molecule has 0 aromatic heterocycles. The van der Waals surface area contributed by atoms with Gasteiger partial charge in [-0.15, -0.1) is 0 Å². The van der Waals surface area contributed by atoms with Gasteiger partial charge in [0, 0.05) is 0 Å². The molecular weight excluding hydrogens is 175 g/mol. The fraction of sp³-hybridized carbons (Fsp3) is 1.00. The molecule has 0 aromatic rings. The standard InChI is InChI=1S/C11H25BS/c1-4-6-8-10-12(13-3)11-9-7-5-2/h4-11H2,1-3H3. The predicted octanol–water partition coefficient (Wildman–Crippen LogP) is 4.72. The van der Waals surface area contributed by atoms with Crippen LogP contribution in [0.15, 0.2) is 0 Å². The van der Waals surface area contributed by atoms with Gasteiger partial charge in [0.15, 0.2) is 0 Å². The van der Waals surface area contributed by atoms with E-state index in [0.717, 1.165) is 5.99 Å². The second kappa shape index (κ2) is 10.5. The number of hydrogen-bond acceptors (Lipinski definition) is 1. The molecule has 0 rings (SSSR count). The Morgan fingerprint density at radius 1 is 0.846 bits per heavy atom. The van der Waals surface area contributed by atoms with Crippen LogP contribution in [0.25, 0.3) is 0 Å². The van der Waals surface area contributed by atoms with Crippen molar-refractivity contribution in [3.63, 3.8) is 0 Å². The molecule has 78 valence electrons. The molecule has 0 amide bonds. The SMILES string of the molecule is CCCCCB(CCCCC)SC. The summed E-state index contributed by atoms with van der Waals surface area (Å²) >= 11 is 2.07. The van der Waals surface area contributed by atoms with Crippen molar-refractivity contribution in [3.05, 3.63) is 0 Å². The topological polar surface area (TPSA) is 0 Å². The van der Waals surface area contributed by atoms with Crippen LogP contribution in [0.5, 0.6) is 0 Å². The fourth-order valence-electron chi connectivity index (χ4n) is 1.62. The molecule has 0 saturated carbocycles. The lowest BCUT2D eigenvalue weighted by atomic mass is 9.66. The zero-order chi connectivity index (χ0) is 9.94. The van der Waals surface area contributed by atoms with Crippen LogP contribution in [0.4, 0.5) is 0 Å². The van der Waals surface area contributed by atoms with Gasteiger partial charge in [0.25, 0.3) is 0 Å². The molecule has 0 spiro atoms. The molecule has 0 radical (unpaired) electrons. The summed E-state index contributed by atoms with van der Waals surface area (Å²) in [6, 6.07) is 0. The molecule has 0 aliphatic carbocycles. The summed E-state index contributed by atoms with van der Waals surface area (Å²) in [5, 5.41) is 0. The van der Waals surface area contributed by atoms with E-state index in [-0.39, 0.29) is 0 Å². The Hall–Kier alpha value is 0.415. The lowest BCUT2D eigenvalue weighted by Crippen LogP contribution is -2.06. The van der Waals surface area contributed by atoms with Gasteiger partial charge in [-0.05, 0) is 6.26 Å². The van der Waals surface area contributed by atoms with Gasteiger partial charge < -0.3 is 0 Å². The minimum atomic E-state index is 0.943. The normalized spacial score (nSPS) is 10.4. The maximum absolute atomic E-state index is 2.28. The first kappa shape index (κ1) is 13.4. The van der Waals surface area contributed by atoms with Gasteiger partial charge in [-0.1, -0.05) is 65.0 Å². The summed E-state index contributed by atoms with van der Waals surface area (Å²) in [5.41, 5.74) is 0. The minimum Gasteiger partial charge on any atom is -0.213 e. The Bertz CT molecular complexity index is 86.1. The highest BCUT2D eigenvalue weighted by Gasteiger charge is 2.10. The molecule has 0 nitrogen and oxygen atoms in total. The molecule has 0 bridgehead atoms. The minimum absolute atomic E-state index is 0.943. The number of hydrogen-bond donors (Lipinski definition) is 0. The Kier molecular flexibility index (Phi) is 10.8.